The number of methoxy groups -OCH3 is 1. The van der Waals surface area contributed by atoms with Crippen LogP contribution in [0, 0.1) is 0 Å². The van der Waals surface area contributed by atoms with Crippen molar-refractivity contribution in [3.8, 4) is 11.3 Å². The van der Waals surface area contributed by atoms with E-state index in [9.17, 15) is 20.1 Å². The number of hydrogen-bond acceptors (Lipinski definition) is 9. The number of aliphatic hydroxyl groups is 3. The van der Waals surface area contributed by atoms with Gasteiger partial charge in [-0.15, -0.1) is 5.10 Å². The molecule has 2 fully saturated rings. The van der Waals surface area contributed by atoms with Crippen LogP contribution in [-0.4, -0.2) is 99.7 Å². The fourth-order valence-corrected chi connectivity index (χ4v) is 6.71. The Morgan fingerprint density at radius 3 is 2.49 bits per heavy atom. The maximum atomic E-state index is 14.4. The molecule has 15 heteroatoms. The van der Waals surface area contributed by atoms with Crippen LogP contribution in [0.4, 0.5) is 5.69 Å². The molecule has 3 heterocycles. The van der Waals surface area contributed by atoms with Gasteiger partial charge in [0.25, 0.3) is 5.91 Å². The number of hydrogen-bond donors (Lipinski definition) is 3. The van der Waals surface area contributed by atoms with Gasteiger partial charge in [-0.1, -0.05) is 66.3 Å². The zero-order chi connectivity index (χ0) is 29.4. The van der Waals surface area contributed by atoms with Crippen LogP contribution in [0.3, 0.4) is 0 Å². The number of nitrogens with zero attached hydrogens (tertiary/aromatic N) is 4. The van der Waals surface area contributed by atoms with Gasteiger partial charge in [0, 0.05) is 27.3 Å². The second-order valence-electron chi connectivity index (χ2n) is 9.68. The van der Waals surface area contributed by atoms with Crippen LogP contribution in [0.2, 0.25) is 10.0 Å². The first kappa shape index (κ1) is 30.8. The first-order chi connectivity index (χ1) is 19.6. The summed E-state index contributed by atoms with van der Waals surface area (Å²) in [5.74, 6) is -0.559. The highest BCUT2D eigenvalue weighted by Gasteiger charge is 2.52. The molecule has 3 N–H and O–H groups in total. The van der Waals surface area contributed by atoms with E-state index < -0.39 is 55.1 Å². The summed E-state index contributed by atoms with van der Waals surface area (Å²) in [5, 5.41) is 41.2. The number of halogens is 4. The van der Waals surface area contributed by atoms with Gasteiger partial charge in [-0.3, -0.25) is 4.79 Å². The van der Waals surface area contributed by atoms with E-state index in [2.05, 4.69) is 42.2 Å². The van der Waals surface area contributed by atoms with Crippen molar-refractivity contribution in [1.29, 1.82) is 0 Å². The topological polar surface area (TPSA) is 139 Å². The van der Waals surface area contributed by atoms with Crippen LogP contribution in [0.15, 0.2) is 51.5 Å². The number of ether oxygens (including phenoxy) is 3. The molecule has 41 heavy (non-hydrogen) atoms. The van der Waals surface area contributed by atoms with Gasteiger partial charge in [0.1, 0.15) is 36.2 Å². The third kappa shape index (κ3) is 6.21. The Kier molecular flexibility index (Phi) is 9.70. The number of rotatable bonds is 7. The summed E-state index contributed by atoms with van der Waals surface area (Å²) < 4.78 is 20.0. The van der Waals surface area contributed by atoms with Gasteiger partial charge < -0.3 is 34.4 Å². The fourth-order valence-electron chi connectivity index (χ4n) is 5.15. The number of carbonyl (C=O) groups excluding carboxylic acids is 1. The largest absolute Gasteiger partial charge is 0.394 e. The third-order valence-corrected chi connectivity index (χ3v) is 8.78. The summed E-state index contributed by atoms with van der Waals surface area (Å²) in [4.78, 5) is 15.8. The predicted molar refractivity (Wildman–Crippen MR) is 157 cm³/mol. The van der Waals surface area contributed by atoms with Crippen molar-refractivity contribution in [2.45, 2.75) is 42.6 Å². The maximum absolute atomic E-state index is 14.4. The average molecular weight is 737 g/mol. The van der Waals surface area contributed by atoms with E-state index in [1.165, 1.54) is 16.7 Å². The highest BCUT2D eigenvalue weighted by Crippen LogP contribution is 2.37. The Bertz CT molecular complexity index is 1400. The molecule has 2 aliphatic heterocycles. The number of benzene rings is 2. The van der Waals surface area contributed by atoms with Crippen LogP contribution < -0.4 is 4.90 Å². The number of aromatic nitrogens is 3. The zero-order valence-corrected chi connectivity index (χ0v) is 26.2. The van der Waals surface area contributed by atoms with Gasteiger partial charge in [-0.25, -0.2) is 4.68 Å². The summed E-state index contributed by atoms with van der Waals surface area (Å²) in [5.41, 5.74) is 1.54. The van der Waals surface area contributed by atoms with Crippen molar-refractivity contribution >= 4 is 66.7 Å². The van der Waals surface area contributed by atoms with Crippen molar-refractivity contribution in [2.24, 2.45) is 0 Å². The quantitative estimate of drug-likeness (QED) is 0.334. The van der Waals surface area contributed by atoms with E-state index in [1.54, 1.807) is 36.5 Å². The summed E-state index contributed by atoms with van der Waals surface area (Å²) in [6.07, 6.45) is -4.22. The predicted octanol–water partition coefficient (Wildman–Crippen LogP) is 3.25. The van der Waals surface area contributed by atoms with E-state index in [0.717, 1.165) is 0 Å². The average Bonchev–Trinajstić information content (AvgIpc) is 3.59. The molecule has 11 nitrogen and oxygen atoms in total. The number of aliphatic hydroxyl groups excluding tert-OH is 3. The number of amides is 1. The van der Waals surface area contributed by atoms with Crippen molar-refractivity contribution in [3.05, 3.63) is 61.6 Å². The van der Waals surface area contributed by atoms with E-state index in [-0.39, 0.29) is 13.2 Å². The second kappa shape index (κ2) is 12.9. The minimum absolute atomic E-state index is 0.0555. The molecule has 2 saturated heterocycles. The minimum Gasteiger partial charge on any atom is -0.394 e. The Morgan fingerprint density at radius 2 is 1.88 bits per heavy atom. The smallest absolute Gasteiger partial charge is 0.259 e. The van der Waals surface area contributed by atoms with E-state index in [1.807, 2.05) is 6.07 Å². The lowest BCUT2D eigenvalue weighted by Crippen LogP contribution is -2.63. The first-order valence-corrected chi connectivity index (χ1v) is 14.9. The van der Waals surface area contributed by atoms with Crippen molar-refractivity contribution in [3.63, 3.8) is 0 Å². The summed E-state index contributed by atoms with van der Waals surface area (Å²) >= 11 is 19.1. The first-order valence-electron chi connectivity index (χ1n) is 12.5. The van der Waals surface area contributed by atoms with Crippen molar-refractivity contribution in [2.75, 3.05) is 31.8 Å². The van der Waals surface area contributed by atoms with Crippen molar-refractivity contribution in [1.82, 2.24) is 15.0 Å². The molecule has 2 aliphatic rings. The van der Waals surface area contributed by atoms with Gasteiger partial charge in [-0.2, -0.15) is 0 Å². The SMILES string of the molecule is COC1C(C(=O)N(c2cc(Br)cc(Br)c2)[C@H]2COC[C@@H]2O)OC(CO)C(O)C1n1cc(-c2ccc(Cl)c(Cl)c2)nn1. The molecular weight excluding hydrogens is 711 g/mol. The van der Waals surface area contributed by atoms with Gasteiger partial charge in [0.05, 0.1) is 42.1 Å². The molecule has 0 saturated carbocycles. The molecule has 220 valence electrons. The summed E-state index contributed by atoms with van der Waals surface area (Å²) in [6.45, 7) is -0.434. The third-order valence-electron chi connectivity index (χ3n) is 7.13. The molecule has 3 aromatic rings. The monoisotopic (exact) mass is 734 g/mol. The molecule has 0 spiro atoms. The normalized spacial score (nSPS) is 28.1. The van der Waals surface area contributed by atoms with E-state index in [0.29, 0.717) is 35.9 Å². The molecule has 2 aromatic carbocycles. The van der Waals surface area contributed by atoms with Crippen LogP contribution in [0.1, 0.15) is 6.04 Å². The highest BCUT2D eigenvalue weighted by molar-refractivity contribution is 9.11. The Hall–Kier alpha value is -1.65. The Labute approximate surface area is 262 Å². The van der Waals surface area contributed by atoms with E-state index >= 15 is 0 Å². The lowest BCUT2D eigenvalue weighted by atomic mass is 9.91. The minimum atomic E-state index is -1.31. The van der Waals surface area contributed by atoms with Gasteiger partial charge in [-0.05, 0) is 30.3 Å². The molecule has 0 aliphatic carbocycles. The summed E-state index contributed by atoms with van der Waals surface area (Å²) in [7, 11) is 1.39. The molecule has 0 radical (unpaired) electrons. The molecular formula is C26H26Br2Cl2N4O7. The Balaban J connectivity index is 1.54. The van der Waals surface area contributed by atoms with Crippen LogP contribution in [0.5, 0.6) is 0 Å². The van der Waals surface area contributed by atoms with Crippen LogP contribution in [-0.2, 0) is 19.0 Å². The second-order valence-corrected chi connectivity index (χ2v) is 12.3. The molecule has 7 atom stereocenters. The Morgan fingerprint density at radius 1 is 1.15 bits per heavy atom. The molecule has 5 rings (SSSR count). The van der Waals surface area contributed by atoms with Crippen LogP contribution >= 0.6 is 55.1 Å². The lowest BCUT2D eigenvalue weighted by Gasteiger charge is -2.45. The number of anilines is 1. The van der Waals surface area contributed by atoms with Crippen LogP contribution in [0.25, 0.3) is 11.3 Å². The molecule has 5 unspecified atom stereocenters. The molecule has 1 amide bonds. The van der Waals surface area contributed by atoms with Gasteiger partial charge >= 0.3 is 0 Å². The highest BCUT2D eigenvalue weighted by atomic mass is 79.9. The fraction of sp³-hybridized carbons (Fsp3) is 0.423. The van der Waals surface area contributed by atoms with Gasteiger partial charge in [0.15, 0.2) is 6.10 Å². The maximum Gasteiger partial charge on any atom is 0.259 e. The van der Waals surface area contributed by atoms with Crippen molar-refractivity contribution < 1.29 is 34.3 Å². The number of carbonyl (C=O) groups is 1. The summed E-state index contributed by atoms with van der Waals surface area (Å²) in [6, 6.07) is 8.56. The molecule has 0 bridgehead atoms. The van der Waals surface area contributed by atoms with Gasteiger partial charge in [0.2, 0.25) is 0 Å². The lowest BCUT2D eigenvalue weighted by molar-refractivity contribution is -0.211. The standard InChI is InChI=1S/C26H26Br2Cl2N4O7/c1-39-24-22(33-8-18(31-32-33)12-2-3-16(29)17(30)4-12)23(37)21(9-35)41-25(24)26(38)34(19-10-40-11-20(19)36)15-6-13(27)5-14(28)7-15/h2-8,19-25,35-37H,9-11H2,1H3/t19-,20-,21?,22?,23?,24?,25?/m0/s1. The zero-order valence-electron chi connectivity index (χ0n) is 21.5. The molecule has 1 aromatic heterocycles. The van der Waals surface area contributed by atoms with E-state index in [4.69, 9.17) is 37.4 Å².